The maximum atomic E-state index is 12.8. The maximum absolute atomic E-state index is 12.8. The number of fused-ring (bicyclic) bond motifs is 1. The summed E-state index contributed by atoms with van der Waals surface area (Å²) in [5.41, 5.74) is 0.522. The Kier molecular flexibility index (Phi) is 4.23. The zero-order valence-electron chi connectivity index (χ0n) is 12.9. The number of aromatic nitrogens is 1. The summed E-state index contributed by atoms with van der Waals surface area (Å²) in [5, 5.41) is 20.1. The van der Waals surface area contributed by atoms with Crippen LogP contribution in [0.2, 0.25) is 0 Å². The van der Waals surface area contributed by atoms with Crippen molar-refractivity contribution in [3.63, 3.8) is 0 Å². The van der Waals surface area contributed by atoms with Crippen LogP contribution in [0.25, 0.3) is 21.5 Å². The van der Waals surface area contributed by atoms with E-state index in [9.17, 15) is 23.5 Å². The van der Waals surface area contributed by atoms with Crippen LogP contribution in [-0.4, -0.2) is 10.1 Å². The molecule has 3 aromatic rings. The Labute approximate surface area is 145 Å². The van der Waals surface area contributed by atoms with Crippen LogP contribution in [0.1, 0.15) is 21.7 Å². The number of nitrogens with zero attached hydrogens (tertiary/aromatic N) is 2. The Morgan fingerprint density at radius 1 is 1.20 bits per heavy atom. The molecule has 3 rings (SSSR count). The first-order valence-corrected chi connectivity index (χ1v) is 8.00. The van der Waals surface area contributed by atoms with E-state index in [0.717, 1.165) is 29.0 Å². The van der Waals surface area contributed by atoms with Crippen LogP contribution in [-0.2, 0) is 6.18 Å². The number of aryl methyl sites for hydroxylation is 1. The molecule has 0 unspecified atom stereocenters. The molecule has 1 aromatic heterocycles. The number of hydrogen-bond donors (Lipinski definition) is 1. The summed E-state index contributed by atoms with van der Waals surface area (Å²) >= 11 is 1.06. The number of alkyl halides is 3. The fraction of sp³-hybridized carbons (Fsp3) is 0.111. The van der Waals surface area contributed by atoms with Crippen molar-refractivity contribution in [3.05, 3.63) is 64.2 Å². The van der Waals surface area contributed by atoms with Crippen LogP contribution in [0.4, 0.5) is 13.2 Å². The second kappa shape index (κ2) is 6.22. The normalized spacial score (nSPS) is 12.8. The molecule has 0 aliphatic carbocycles. The van der Waals surface area contributed by atoms with Gasteiger partial charge >= 0.3 is 6.18 Å². The van der Waals surface area contributed by atoms with Gasteiger partial charge in [0.15, 0.2) is 0 Å². The molecule has 2 aromatic carbocycles. The lowest BCUT2D eigenvalue weighted by atomic mass is 10.0. The van der Waals surface area contributed by atoms with E-state index in [2.05, 4.69) is 4.98 Å². The van der Waals surface area contributed by atoms with Gasteiger partial charge in [-0.2, -0.15) is 18.4 Å². The summed E-state index contributed by atoms with van der Waals surface area (Å²) < 4.78 is 39.0. The van der Waals surface area contributed by atoms with E-state index >= 15 is 0 Å². The second-order valence-electron chi connectivity index (χ2n) is 5.35. The van der Waals surface area contributed by atoms with Gasteiger partial charge in [-0.1, -0.05) is 24.3 Å². The van der Waals surface area contributed by atoms with Crippen LogP contribution in [0.5, 0.6) is 0 Å². The number of rotatable bonds is 2. The predicted molar refractivity (Wildman–Crippen MR) is 90.9 cm³/mol. The van der Waals surface area contributed by atoms with Crippen molar-refractivity contribution in [1.29, 1.82) is 5.26 Å². The van der Waals surface area contributed by atoms with Gasteiger partial charge in [0.2, 0.25) is 0 Å². The summed E-state index contributed by atoms with van der Waals surface area (Å²) in [5.74, 6) is -0.240. The summed E-state index contributed by atoms with van der Waals surface area (Å²) in [4.78, 5) is 4.11. The number of benzene rings is 2. The quantitative estimate of drug-likeness (QED) is 0.480. The van der Waals surface area contributed by atoms with Crippen molar-refractivity contribution in [3.8, 4) is 6.07 Å². The van der Waals surface area contributed by atoms with Gasteiger partial charge in [-0.3, -0.25) is 0 Å². The Bertz CT molecular complexity index is 1030. The van der Waals surface area contributed by atoms with Gasteiger partial charge in [0.25, 0.3) is 0 Å². The molecule has 3 nitrogen and oxygen atoms in total. The van der Waals surface area contributed by atoms with Crippen molar-refractivity contribution in [2.24, 2.45) is 0 Å². The van der Waals surface area contributed by atoms with Crippen molar-refractivity contribution in [2.45, 2.75) is 13.1 Å². The summed E-state index contributed by atoms with van der Waals surface area (Å²) in [7, 11) is 0. The predicted octanol–water partition coefficient (Wildman–Crippen LogP) is 5.57. The third kappa shape index (κ3) is 3.21. The molecule has 0 amide bonds. The number of nitriles is 1. The van der Waals surface area contributed by atoms with Gasteiger partial charge in [0.1, 0.15) is 22.4 Å². The van der Waals surface area contributed by atoms with Gasteiger partial charge < -0.3 is 5.11 Å². The minimum atomic E-state index is -4.46. The molecule has 0 saturated heterocycles. The highest BCUT2D eigenvalue weighted by Gasteiger charge is 2.31. The van der Waals surface area contributed by atoms with Gasteiger partial charge in [-0.15, -0.1) is 11.3 Å². The zero-order chi connectivity index (χ0) is 18.2. The van der Waals surface area contributed by atoms with Crippen LogP contribution < -0.4 is 0 Å². The molecule has 1 heterocycles. The number of halogens is 3. The third-order valence-electron chi connectivity index (χ3n) is 3.68. The number of aliphatic hydroxyl groups is 1. The van der Waals surface area contributed by atoms with E-state index in [4.69, 9.17) is 0 Å². The summed E-state index contributed by atoms with van der Waals surface area (Å²) in [6.07, 6.45) is -4.46. The van der Waals surface area contributed by atoms with E-state index in [1.165, 1.54) is 6.07 Å². The fourth-order valence-electron chi connectivity index (χ4n) is 2.39. The molecule has 25 heavy (non-hydrogen) atoms. The van der Waals surface area contributed by atoms with E-state index in [1.807, 2.05) is 6.07 Å². The minimum Gasteiger partial charge on any atom is -0.506 e. The van der Waals surface area contributed by atoms with Crippen molar-refractivity contribution < 1.29 is 18.3 Å². The van der Waals surface area contributed by atoms with E-state index in [-0.39, 0.29) is 21.9 Å². The Balaban J connectivity index is 2.15. The first-order chi connectivity index (χ1) is 11.8. The van der Waals surface area contributed by atoms with Gasteiger partial charge in [-0.05, 0) is 30.7 Å². The first kappa shape index (κ1) is 17.0. The maximum Gasteiger partial charge on any atom is 0.416 e. The highest BCUT2D eigenvalue weighted by molar-refractivity contribution is 7.19. The summed E-state index contributed by atoms with van der Waals surface area (Å²) in [6, 6.07) is 12.1. The molecule has 0 atom stereocenters. The average Bonchev–Trinajstić information content (AvgIpc) is 2.97. The number of aliphatic hydroxyl groups excluding tert-OH is 1. The van der Waals surface area contributed by atoms with Gasteiger partial charge in [0.05, 0.1) is 15.8 Å². The Morgan fingerprint density at radius 3 is 2.56 bits per heavy atom. The van der Waals surface area contributed by atoms with Crippen LogP contribution in [0.15, 0.2) is 42.5 Å². The molecule has 0 fully saturated rings. The molecule has 0 bridgehead atoms. The molecule has 0 saturated carbocycles. The minimum absolute atomic E-state index is 0.0657. The van der Waals surface area contributed by atoms with Crippen LogP contribution >= 0.6 is 11.3 Å². The van der Waals surface area contributed by atoms with Crippen LogP contribution in [0.3, 0.4) is 0 Å². The fourth-order valence-corrected chi connectivity index (χ4v) is 3.33. The Morgan fingerprint density at radius 2 is 1.92 bits per heavy atom. The molecule has 126 valence electrons. The number of allylic oxidation sites excluding steroid dienone is 1. The van der Waals surface area contributed by atoms with Crippen LogP contribution in [0, 0.1) is 18.3 Å². The van der Waals surface area contributed by atoms with E-state index in [1.54, 1.807) is 31.2 Å². The van der Waals surface area contributed by atoms with Gasteiger partial charge in [0, 0.05) is 5.56 Å². The van der Waals surface area contributed by atoms with E-state index in [0.29, 0.717) is 10.3 Å². The molecule has 0 radical (unpaired) electrons. The third-order valence-corrected chi connectivity index (χ3v) is 4.73. The topological polar surface area (TPSA) is 56.9 Å². The standard InChI is InChI=1S/C18H11F3N2OS/c1-10-4-2-3-5-12(10)16(24)13(9-22)17-23-14-8-11(18(19,20)21)6-7-15(14)25-17/h2-8,24H,1H3/b16-13-. The monoisotopic (exact) mass is 360 g/mol. The number of hydrogen-bond acceptors (Lipinski definition) is 4. The molecule has 0 aliphatic heterocycles. The molecule has 0 spiro atoms. The summed E-state index contributed by atoms with van der Waals surface area (Å²) in [6.45, 7) is 1.79. The smallest absolute Gasteiger partial charge is 0.416 e. The largest absolute Gasteiger partial charge is 0.506 e. The van der Waals surface area contributed by atoms with Crippen molar-refractivity contribution >= 4 is 32.9 Å². The molecule has 7 heteroatoms. The molecule has 0 aliphatic rings. The van der Waals surface area contributed by atoms with Crippen molar-refractivity contribution in [2.75, 3.05) is 0 Å². The lowest BCUT2D eigenvalue weighted by molar-refractivity contribution is -0.137. The van der Waals surface area contributed by atoms with Crippen molar-refractivity contribution in [1.82, 2.24) is 4.98 Å². The second-order valence-corrected chi connectivity index (χ2v) is 6.38. The first-order valence-electron chi connectivity index (χ1n) is 7.19. The highest BCUT2D eigenvalue weighted by atomic mass is 32.1. The van der Waals surface area contributed by atoms with Gasteiger partial charge in [-0.25, -0.2) is 4.98 Å². The van der Waals surface area contributed by atoms with E-state index < -0.39 is 11.7 Å². The number of thiazole rings is 1. The molecular weight excluding hydrogens is 349 g/mol. The lowest BCUT2D eigenvalue weighted by Gasteiger charge is -2.05. The highest BCUT2D eigenvalue weighted by Crippen LogP contribution is 2.35. The zero-order valence-corrected chi connectivity index (χ0v) is 13.7. The molecule has 1 N–H and O–H groups in total. The molecular formula is C18H11F3N2OS. The average molecular weight is 360 g/mol. The lowest BCUT2D eigenvalue weighted by Crippen LogP contribution is -2.03. The Hall–Kier alpha value is -2.85. The SMILES string of the molecule is Cc1ccccc1/C(O)=C(\C#N)c1nc2cc(C(F)(F)F)ccc2s1.